The van der Waals surface area contributed by atoms with E-state index in [1.807, 2.05) is 19.9 Å². The molecule has 10 heteroatoms. The average Bonchev–Trinajstić information content (AvgIpc) is 2.86. The zero-order chi connectivity index (χ0) is 30.1. The fraction of sp³-hybridized carbons (Fsp3) is 0.667. The Balaban J connectivity index is 2.79. The van der Waals surface area contributed by atoms with E-state index in [-0.39, 0.29) is 31.2 Å². The van der Waals surface area contributed by atoms with Crippen LogP contribution in [-0.4, -0.2) is 70.7 Å². The molecule has 0 bridgehead atoms. The van der Waals surface area contributed by atoms with Crippen molar-refractivity contribution in [2.75, 3.05) is 6.54 Å². The first-order chi connectivity index (χ1) is 18.9. The van der Waals surface area contributed by atoms with Crippen molar-refractivity contribution in [3.8, 4) is 0 Å². The molecule has 40 heavy (non-hydrogen) atoms. The average molecular weight is 563 g/mol. The number of amides is 4. The summed E-state index contributed by atoms with van der Waals surface area (Å²) in [5.74, 6) is -1.51. The lowest BCUT2D eigenvalue weighted by Crippen LogP contribution is -2.58. The van der Waals surface area contributed by atoms with Crippen LogP contribution in [0.2, 0.25) is 0 Å². The number of unbranched alkanes of at least 4 members (excludes halogenated alkanes) is 3. The topological polar surface area (TPSA) is 157 Å². The molecule has 0 spiro atoms. The van der Waals surface area contributed by atoms with Crippen LogP contribution in [0.4, 0.5) is 0 Å². The Morgan fingerprint density at radius 1 is 1.10 bits per heavy atom. The zero-order valence-corrected chi connectivity index (χ0v) is 24.7. The van der Waals surface area contributed by atoms with Crippen molar-refractivity contribution < 1.29 is 29.4 Å². The Kier molecular flexibility index (Phi) is 16.8. The van der Waals surface area contributed by atoms with Crippen LogP contribution in [-0.2, 0) is 19.2 Å². The fourth-order valence-corrected chi connectivity index (χ4v) is 4.11. The van der Waals surface area contributed by atoms with Crippen LogP contribution in [0.25, 0.3) is 0 Å². The normalized spacial score (nSPS) is 23.3. The Bertz CT molecular complexity index is 897. The standard InChI is InChI=1S/C30H50N4O6/c1-20(2)13-11-9-7-6-8-10-12-14-27(38)34-28(22(5)35)30(40)33-25-19-23(36)17-18-31-26(37)16-15-24(21(3)4)32-29(25)39/h8,10,12,14-16,20-25,28,35-36H,6-7,9,11,13,17-19H2,1-5H3,(H,31,37)(H,32,39)(H,33,40)(H,34,38)/b10-8+,14-12+,16-15-/t22-,23+,24-,25+,28+/m1/s1. The van der Waals surface area contributed by atoms with Gasteiger partial charge in [-0.3, -0.25) is 19.2 Å². The SMILES string of the molecule is CC(C)CCCCC/C=C/C=C/C(=O)N[C@H](C(=O)N[C@H]1C[C@@H](O)CCNC(=O)/C=C\[C@H](C(C)C)NC1=O)[C@@H](C)O. The van der Waals surface area contributed by atoms with Gasteiger partial charge in [0.05, 0.1) is 12.2 Å². The Hall–Kier alpha value is -2.98. The lowest BCUT2D eigenvalue weighted by atomic mass is 10.0. The maximum Gasteiger partial charge on any atom is 0.245 e. The van der Waals surface area contributed by atoms with Gasteiger partial charge in [-0.15, -0.1) is 0 Å². The predicted molar refractivity (Wildman–Crippen MR) is 156 cm³/mol. The highest BCUT2D eigenvalue weighted by Crippen LogP contribution is 2.10. The summed E-state index contributed by atoms with van der Waals surface area (Å²) in [5.41, 5.74) is 0. The minimum Gasteiger partial charge on any atom is -0.393 e. The van der Waals surface area contributed by atoms with E-state index in [1.54, 1.807) is 18.2 Å². The number of hydrogen-bond acceptors (Lipinski definition) is 6. The Morgan fingerprint density at radius 3 is 2.48 bits per heavy atom. The molecule has 0 fully saturated rings. The van der Waals surface area contributed by atoms with E-state index in [0.29, 0.717) is 5.92 Å². The molecule has 0 aliphatic carbocycles. The van der Waals surface area contributed by atoms with Crippen LogP contribution < -0.4 is 21.3 Å². The molecule has 1 aliphatic heterocycles. The van der Waals surface area contributed by atoms with Gasteiger partial charge < -0.3 is 31.5 Å². The lowest BCUT2D eigenvalue weighted by molar-refractivity contribution is -0.134. The minimum absolute atomic E-state index is 0.0487. The summed E-state index contributed by atoms with van der Waals surface area (Å²) in [5, 5.41) is 31.2. The van der Waals surface area contributed by atoms with E-state index in [2.05, 4.69) is 35.1 Å². The fourth-order valence-electron chi connectivity index (χ4n) is 4.11. The quantitative estimate of drug-likeness (QED) is 0.115. The van der Waals surface area contributed by atoms with Gasteiger partial charge in [0.15, 0.2) is 0 Å². The van der Waals surface area contributed by atoms with Gasteiger partial charge in [-0.1, -0.05) is 71.3 Å². The number of allylic oxidation sites excluding steroid dienone is 3. The minimum atomic E-state index is -1.31. The van der Waals surface area contributed by atoms with Gasteiger partial charge in [0, 0.05) is 31.2 Å². The summed E-state index contributed by atoms with van der Waals surface area (Å²) in [4.78, 5) is 50.5. The first-order valence-corrected chi connectivity index (χ1v) is 14.5. The molecule has 0 radical (unpaired) electrons. The summed E-state index contributed by atoms with van der Waals surface area (Å²) in [6, 6.07) is -2.92. The van der Waals surface area contributed by atoms with Crippen LogP contribution in [0.15, 0.2) is 36.5 Å². The van der Waals surface area contributed by atoms with E-state index in [0.717, 1.165) is 12.8 Å². The highest BCUT2D eigenvalue weighted by molar-refractivity contribution is 5.95. The molecule has 6 N–H and O–H groups in total. The van der Waals surface area contributed by atoms with Gasteiger partial charge >= 0.3 is 0 Å². The third-order valence-corrected chi connectivity index (χ3v) is 6.61. The molecule has 0 saturated heterocycles. The molecule has 4 amide bonds. The van der Waals surface area contributed by atoms with Gasteiger partial charge in [0.1, 0.15) is 12.1 Å². The van der Waals surface area contributed by atoms with Crippen molar-refractivity contribution >= 4 is 23.6 Å². The van der Waals surface area contributed by atoms with Crippen LogP contribution >= 0.6 is 0 Å². The van der Waals surface area contributed by atoms with Crippen LogP contribution in [0.1, 0.15) is 79.6 Å². The molecule has 0 aromatic carbocycles. The largest absolute Gasteiger partial charge is 0.393 e. The number of carbonyl (C=O) groups excluding carboxylic acids is 4. The van der Waals surface area contributed by atoms with E-state index >= 15 is 0 Å². The number of aliphatic hydroxyl groups is 2. The second kappa shape index (κ2) is 19.2. The van der Waals surface area contributed by atoms with Gasteiger partial charge in [0.2, 0.25) is 23.6 Å². The molecule has 0 unspecified atom stereocenters. The molecule has 1 rings (SSSR count). The third-order valence-electron chi connectivity index (χ3n) is 6.61. The molecular formula is C30H50N4O6. The second-order valence-corrected chi connectivity index (χ2v) is 11.2. The first kappa shape index (κ1) is 35.0. The second-order valence-electron chi connectivity index (χ2n) is 11.2. The molecule has 1 aliphatic rings. The molecule has 1 heterocycles. The highest BCUT2D eigenvalue weighted by Gasteiger charge is 2.31. The maximum absolute atomic E-state index is 13.1. The highest BCUT2D eigenvalue weighted by atomic mass is 16.3. The molecule has 226 valence electrons. The van der Waals surface area contributed by atoms with E-state index in [1.165, 1.54) is 38.3 Å². The van der Waals surface area contributed by atoms with Crippen molar-refractivity contribution in [1.29, 1.82) is 0 Å². The molecule has 5 atom stereocenters. The van der Waals surface area contributed by atoms with Gasteiger partial charge in [0.25, 0.3) is 0 Å². The summed E-state index contributed by atoms with van der Waals surface area (Å²) >= 11 is 0. The monoisotopic (exact) mass is 562 g/mol. The van der Waals surface area contributed by atoms with Crippen LogP contribution in [0.5, 0.6) is 0 Å². The summed E-state index contributed by atoms with van der Waals surface area (Å²) in [6.45, 7) is 9.74. The molecule has 0 aromatic rings. The van der Waals surface area contributed by atoms with Gasteiger partial charge in [-0.2, -0.15) is 0 Å². The van der Waals surface area contributed by atoms with Crippen molar-refractivity contribution in [1.82, 2.24) is 21.3 Å². The molecular weight excluding hydrogens is 512 g/mol. The number of hydrogen-bond donors (Lipinski definition) is 6. The van der Waals surface area contributed by atoms with Crippen LogP contribution in [0.3, 0.4) is 0 Å². The third kappa shape index (κ3) is 15.0. The Labute approximate surface area is 239 Å². The van der Waals surface area contributed by atoms with Crippen molar-refractivity contribution in [2.45, 2.75) is 110 Å². The van der Waals surface area contributed by atoms with E-state index in [4.69, 9.17) is 0 Å². The summed E-state index contributed by atoms with van der Waals surface area (Å²) in [6.07, 6.45) is 13.0. The van der Waals surface area contributed by atoms with Gasteiger partial charge in [-0.25, -0.2) is 0 Å². The number of carbonyl (C=O) groups is 4. The number of nitrogens with one attached hydrogen (secondary N) is 4. The molecule has 0 saturated carbocycles. The smallest absolute Gasteiger partial charge is 0.245 e. The predicted octanol–water partition coefficient (Wildman–Crippen LogP) is 2.02. The van der Waals surface area contributed by atoms with E-state index in [9.17, 15) is 29.4 Å². The van der Waals surface area contributed by atoms with Crippen molar-refractivity contribution in [3.05, 3.63) is 36.5 Å². The summed E-state index contributed by atoms with van der Waals surface area (Å²) in [7, 11) is 0. The van der Waals surface area contributed by atoms with Crippen LogP contribution in [0, 0.1) is 11.8 Å². The Morgan fingerprint density at radius 2 is 1.82 bits per heavy atom. The molecule has 10 nitrogen and oxygen atoms in total. The summed E-state index contributed by atoms with van der Waals surface area (Å²) < 4.78 is 0. The van der Waals surface area contributed by atoms with Crippen molar-refractivity contribution in [3.63, 3.8) is 0 Å². The lowest BCUT2D eigenvalue weighted by Gasteiger charge is -2.28. The molecule has 0 aromatic heterocycles. The zero-order valence-electron chi connectivity index (χ0n) is 24.7. The van der Waals surface area contributed by atoms with Crippen molar-refractivity contribution in [2.24, 2.45) is 11.8 Å². The maximum atomic E-state index is 13.1. The number of rotatable bonds is 13. The first-order valence-electron chi connectivity index (χ1n) is 14.5. The van der Waals surface area contributed by atoms with Gasteiger partial charge in [-0.05, 0) is 38.0 Å². The van der Waals surface area contributed by atoms with E-state index < -0.39 is 48.1 Å². The number of aliphatic hydroxyl groups excluding tert-OH is 2.